The molecule has 0 unspecified atom stereocenters. The van der Waals surface area contributed by atoms with Crippen molar-refractivity contribution in [2.75, 3.05) is 31.1 Å². The maximum Gasteiger partial charge on any atom is 0.228 e. The molecule has 1 aliphatic heterocycles. The maximum absolute atomic E-state index is 12.3. The van der Waals surface area contributed by atoms with Gasteiger partial charge in [-0.2, -0.15) is 0 Å². The van der Waals surface area contributed by atoms with Gasteiger partial charge in [0, 0.05) is 42.3 Å². The fourth-order valence-corrected chi connectivity index (χ4v) is 2.91. The molecule has 1 aromatic rings. The summed E-state index contributed by atoms with van der Waals surface area (Å²) in [5.74, 6) is 1.26. The highest BCUT2D eigenvalue weighted by Gasteiger charge is 2.30. The second-order valence-corrected chi connectivity index (χ2v) is 7.24. The first kappa shape index (κ1) is 15.3. The van der Waals surface area contributed by atoms with E-state index in [2.05, 4.69) is 38.8 Å². The van der Waals surface area contributed by atoms with E-state index in [1.165, 1.54) is 0 Å². The van der Waals surface area contributed by atoms with Crippen molar-refractivity contribution in [1.82, 2.24) is 9.88 Å². The highest BCUT2D eigenvalue weighted by molar-refractivity contribution is 9.10. The minimum atomic E-state index is -0.298. The summed E-state index contributed by atoms with van der Waals surface area (Å²) in [5, 5.41) is 0. The standard InChI is InChI=1S/C15H22BrN3O/c1-11-9-12(16)10-17-13(11)18-5-7-19(8-6-18)14(20)15(2,3)4/h9-10H,5-8H2,1-4H3. The van der Waals surface area contributed by atoms with E-state index >= 15 is 0 Å². The van der Waals surface area contributed by atoms with Gasteiger partial charge in [0.1, 0.15) is 5.82 Å². The van der Waals surface area contributed by atoms with Gasteiger partial charge in [-0.1, -0.05) is 20.8 Å². The number of hydrogen-bond donors (Lipinski definition) is 0. The summed E-state index contributed by atoms with van der Waals surface area (Å²) in [6, 6.07) is 2.08. The van der Waals surface area contributed by atoms with Crippen LogP contribution < -0.4 is 4.90 Å². The lowest BCUT2D eigenvalue weighted by atomic mass is 9.94. The number of piperazine rings is 1. The molecule has 0 N–H and O–H groups in total. The van der Waals surface area contributed by atoms with Crippen molar-refractivity contribution in [2.45, 2.75) is 27.7 Å². The molecular weight excluding hydrogens is 318 g/mol. The summed E-state index contributed by atoms with van der Waals surface area (Å²) in [6.45, 7) is 11.2. The minimum Gasteiger partial charge on any atom is -0.353 e. The molecule has 1 amide bonds. The van der Waals surface area contributed by atoms with Gasteiger partial charge in [-0.15, -0.1) is 0 Å². The number of halogens is 1. The quantitative estimate of drug-likeness (QED) is 0.789. The molecule has 0 aromatic carbocycles. The lowest BCUT2D eigenvalue weighted by Gasteiger charge is -2.38. The molecule has 5 heteroatoms. The molecular formula is C15H22BrN3O. The summed E-state index contributed by atoms with van der Waals surface area (Å²) >= 11 is 3.44. The van der Waals surface area contributed by atoms with Gasteiger partial charge in [0.2, 0.25) is 5.91 Å². The molecule has 4 nitrogen and oxygen atoms in total. The number of anilines is 1. The Balaban J connectivity index is 2.03. The average molecular weight is 340 g/mol. The zero-order valence-corrected chi connectivity index (χ0v) is 14.2. The number of aromatic nitrogens is 1. The molecule has 2 rings (SSSR count). The Morgan fingerprint density at radius 2 is 1.85 bits per heavy atom. The number of pyridine rings is 1. The first-order chi connectivity index (χ1) is 9.29. The van der Waals surface area contributed by atoms with Gasteiger partial charge < -0.3 is 9.80 Å². The van der Waals surface area contributed by atoms with E-state index in [1.807, 2.05) is 31.9 Å². The van der Waals surface area contributed by atoms with Crippen molar-refractivity contribution in [1.29, 1.82) is 0 Å². The first-order valence-corrected chi connectivity index (χ1v) is 7.75. The molecule has 0 bridgehead atoms. The van der Waals surface area contributed by atoms with E-state index in [4.69, 9.17) is 0 Å². The number of carbonyl (C=O) groups is 1. The second kappa shape index (κ2) is 5.72. The summed E-state index contributed by atoms with van der Waals surface area (Å²) in [5.41, 5.74) is 0.864. The van der Waals surface area contributed by atoms with Crippen molar-refractivity contribution in [3.05, 3.63) is 22.3 Å². The lowest BCUT2D eigenvalue weighted by molar-refractivity contribution is -0.139. The highest BCUT2D eigenvalue weighted by Crippen LogP contribution is 2.23. The number of carbonyl (C=O) groups excluding carboxylic acids is 1. The zero-order chi connectivity index (χ0) is 14.9. The largest absolute Gasteiger partial charge is 0.353 e. The molecule has 110 valence electrons. The van der Waals surface area contributed by atoms with Crippen LogP contribution in [0.5, 0.6) is 0 Å². The number of aryl methyl sites for hydroxylation is 1. The first-order valence-electron chi connectivity index (χ1n) is 6.95. The average Bonchev–Trinajstić information content (AvgIpc) is 2.37. The molecule has 0 saturated carbocycles. The van der Waals surface area contributed by atoms with E-state index in [1.54, 1.807) is 0 Å². The number of nitrogens with zero attached hydrogens (tertiary/aromatic N) is 3. The monoisotopic (exact) mass is 339 g/mol. The maximum atomic E-state index is 12.3. The third kappa shape index (κ3) is 3.32. The molecule has 1 aliphatic rings. The molecule has 1 aromatic heterocycles. The zero-order valence-electron chi connectivity index (χ0n) is 12.6. The number of amides is 1. The smallest absolute Gasteiger partial charge is 0.228 e. The molecule has 0 atom stereocenters. The lowest BCUT2D eigenvalue weighted by Crippen LogP contribution is -2.52. The Labute approximate surface area is 129 Å². The highest BCUT2D eigenvalue weighted by atomic mass is 79.9. The Hall–Kier alpha value is -1.10. The van der Waals surface area contributed by atoms with E-state index < -0.39 is 0 Å². The van der Waals surface area contributed by atoms with Gasteiger partial charge in [0.25, 0.3) is 0 Å². The Morgan fingerprint density at radius 3 is 2.35 bits per heavy atom. The molecule has 1 fully saturated rings. The summed E-state index contributed by atoms with van der Waals surface area (Å²) < 4.78 is 1.00. The Bertz CT molecular complexity index is 502. The fraction of sp³-hybridized carbons (Fsp3) is 0.600. The van der Waals surface area contributed by atoms with Crippen LogP contribution in [0.25, 0.3) is 0 Å². The number of rotatable bonds is 1. The molecule has 0 radical (unpaired) electrons. The van der Waals surface area contributed by atoms with Crippen LogP contribution >= 0.6 is 15.9 Å². The van der Waals surface area contributed by atoms with Crippen LogP contribution in [0.2, 0.25) is 0 Å². The number of hydrogen-bond acceptors (Lipinski definition) is 3. The summed E-state index contributed by atoms with van der Waals surface area (Å²) in [7, 11) is 0. The van der Waals surface area contributed by atoms with Gasteiger partial charge in [0.15, 0.2) is 0 Å². The van der Waals surface area contributed by atoms with Crippen LogP contribution in [-0.2, 0) is 4.79 Å². The van der Waals surface area contributed by atoms with Gasteiger partial charge in [-0.25, -0.2) is 4.98 Å². The topological polar surface area (TPSA) is 36.4 Å². The summed E-state index contributed by atoms with van der Waals surface area (Å²) in [6.07, 6.45) is 1.83. The van der Waals surface area contributed by atoms with Crippen molar-refractivity contribution in [2.24, 2.45) is 5.41 Å². The van der Waals surface area contributed by atoms with Crippen LogP contribution in [-0.4, -0.2) is 42.0 Å². The van der Waals surface area contributed by atoms with Crippen LogP contribution in [0, 0.1) is 12.3 Å². The van der Waals surface area contributed by atoms with Crippen molar-refractivity contribution < 1.29 is 4.79 Å². The van der Waals surface area contributed by atoms with Crippen LogP contribution in [0.15, 0.2) is 16.7 Å². The predicted molar refractivity (Wildman–Crippen MR) is 84.9 cm³/mol. The third-order valence-corrected chi connectivity index (χ3v) is 3.96. The molecule has 2 heterocycles. The molecule has 0 aliphatic carbocycles. The van der Waals surface area contributed by atoms with Gasteiger partial charge in [0.05, 0.1) is 0 Å². The van der Waals surface area contributed by atoms with E-state index in [-0.39, 0.29) is 11.3 Å². The van der Waals surface area contributed by atoms with Crippen molar-refractivity contribution >= 4 is 27.7 Å². The molecule has 1 saturated heterocycles. The Kier molecular flexibility index (Phi) is 4.37. The van der Waals surface area contributed by atoms with Gasteiger partial charge >= 0.3 is 0 Å². The molecule has 0 spiro atoms. The predicted octanol–water partition coefficient (Wildman–Crippen LogP) is 2.85. The fourth-order valence-electron chi connectivity index (χ4n) is 2.46. The van der Waals surface area contributed by atoms with Crippen molar-refractivity contribution in [3.8, 4) is 0 Å². The Morgan fingerprint density at radius 1 is 1.25 bits per heavy atom. The third-order valence-electron chi connectivity index (χ3n) is 3.53. The van der Waals surface area contributed by atoms with E-state index in [0.29, 0.717) is 0 Å². The summed E-state index contributed by atoms with van der Waals surface area (Å²) in [4.78, 5) is 21.0. The van der Waals surface area contributed by atoms with E-state index in [0.717, 1.165) is 42.0 Å². The van der Waals surface area contributed by atoms with Crippen LogP contribution in [0.4, 0.5) is 5.82 Å². The van der Waals surface area contributed by atoms with Crippen LogP contribution in [0.1, 0.15) is 26.3 Å². The van der Waals surface area contributed by atoms with Gasteiger partial charge in [-0.05, 0) is 34.5 Å². The SMILES string of the molecule is Cc1cc(Br)cnc1N1CCN(C(=O)C(C)(C)C)CC1. The second-order valence-electron chi connectivity index (χ2n) is 6.32. The minimum absolute atomic E-state index is 0.234. The normalized spacial score (nSPS) is 16.4. The van der Waals surface area contributed by atoms with Gasteiger partial charge in [-0.3, -0.25) is 4.79 Å². The molecule has 20 heavy (non-hydrogen) atoms. The van der Waals surface area contributed by atoms with Crippen molar-refractivity contribution in [3.63, 3.8) is 0 Å². The van der Waals surface area contributed by atoms with E-state index in [9.17, 15) is 4.79 Å². The van der Waals surface area contributed by atoms with Crippen LogP contribution in [0.3, 0.4) is 0 Å².